The van der Waals surface area contributed by atoms with Gasteiger partial charge in [-0.1, -0.05) is 91.0 Å². The lowest BCUT2D eigenvalue weighted by Crippen LogP contribution is -2.39. The van der Waals surface area contributed by atoms with Crippen LogP contribution in [-0.2, 0) is 15.1 Å². The molecule has 0 aliphatic heterocycles. The molecule has 28 heavy (non-hydrogen) atoms. The van der Waals surface area contributed by atoms with E-state index in [0.29, 0.717) is 6.29 Å². The number of aliphatic hydroxyl groups is 2. The number of benzene rings is 3. The zero-order valence-electron chi connectivity index (χ0n) is 15.5. The quantitative estimate of drug-likeness (QED) is 0.444. The molecule has 0 saturated heterocycles. The molecule has 0 heterocycles. The lowest BCUT2D eigenvalue weighted by Gasteiger charge is -2.37. The van der Waals surface area contributed by atoms with Gasteiger partial charge in [0.25, 0.3) is 0 Å². The summed E-state index contributed by atoms with van der Waals surface area (Å²) in [4.78, 5) is 10.7. The van der Waals surface area contributed by atoms with Gasteiger partial charge in [-0.25, -0.2) is 0 Å². The molecule has 3 aromatic carbocycles. The summed E-state index contributed by atoms with van der Waals surface area (Å²) in [5.74, 6) is 0. The maximum Gasteiger partial charge on any atom is 0.143 e. The van der Waals surface area contributed by atoms with Gasteiger partial charge in [-0.05, 0) is 16.7 Å². The normalized spacial score (nSPS) is 13.6. The molecule has 2 N–H and O–H groups in total. The Morgan fingerprint density at radius 1 is 0.714 bits per heavy atom. The Hall–Kier alpha value is -2.79. The summed E-state index contributed by atoms with van der Waals surface area (Å²) < 4.78 is 6.39. The number of aldehydes is 1. The largest absolute Gasteiger partial charge is 0.390 e. The van der Waals surface area contributed by atoms with E-state index in [1.54, 1.807) is 0 Å². The van der Waals surface area contributed by atoms with Crippen molar-refractivity contribution in [1.29, 1.82) is 0 Å². The van der Waals surface area contributed by atoms with Crippen LogP contribution < -0.4 is 0 Å². The summed E-state index contributed by atoms with van der Waals surface area (Å²) in [5.41, 5.74) is 1.75. The van der Waals surface area contributed by atoms with E-state index in [4.69, 9.17) is 4.74 Å². The Morgan fingerprint density at radius 2 is 1.11 bits per heavy atom. The maximum atomic E-state index is 10.7. The molecule has 4 nitrogen and oxygen atoms in total. The molecule has 2 atom stereocenters. The molecule has 0 saturated carbocycles. The second-order valence-corrected chi connectivity index (χ2v) is 6.63. The van der Waals surface area contributed by atoms with Gasteiger partial charge in [-0.15, -0.1) is 0 Å². The summed E-state index contributed by atoms with van der Waals surface area (Å²) in [7, 11) is 0. The second kappa shape index (κ2) is 9.42. The number of carbonyl (C=O) groups excluding carboxylic acids is 1. The van der Waals surface area contributed by atoms with E-state index in [9.17, 15) is 15.0 Å². The highest BCUT2D eigenvalue weighted by Gasteiger charge is 2.38. The first kappa shape index (κ1) is 20.0. The van der Waals surface area contributed by atoms with Crippen molar-refractivity contribution in [3.63, 3.8) is 0 Å². The Bertz CT molecular complexity index is 753. The zero-order valence-corrected chi connectivity index (χ0v) is 15.5. The third-order valence-electron chi connectivity index (χ3n) is 4.79. The van der Waals surface area contributed by atoms with Crippen LogP contribution in [0, 0.1) is 0 Å². The predicted molar refractivity (Wildman–Crippen MR) is 108 cm³/mol. The van der Waals surface area contributed by atoms with Gasteiger partial charge in [0.2, 0.25) is 0 Å². The number of carbonyl (C=O) groups is 1. The van der Waals surface area contributed by atoms with Gasteiger partial charge in [0.05, 0.1) is 12.7 Å². The van der Waals surface area contributed by atoms with E-state index >= 15 is 0 Å². The molecule has 0 aromatic heterocycles. The molecule has 144 valence electrons. The van der Waals surface area contributed by atoms with Crippen LogP contribution in [0.3, 0.4) is 0 Å². The molecular weight excluding hydrogens is 352 g/mol. The van der Waals surface area contributed by atoms with Crippen LogP contribution in [0.4, 0.5) is 0 Å². The van der Waals surface area contributed by atoms with E-state index in [1.165, 1.54) is 0 Å². The lowest BCUT2D eigenvalue weighted by atomic mass is 9.80. The lowest BCUT2D eigenvalue weighted by molar-refractivity contribution is -0.114. The van der Waals surface area contributed by atoms with Crippen molar-refractivity contribution in [2.24, 2.45) is 0 Å². The average Bonchev–Trinajstić information content (AvgIpc) is 2.76. The third kappa shape index (κ3) is 4.20. The highest BCUT2D eigenvalue weighted by atomic mass is 16.5. The molecule has 3 rings (SSSR count). The van der Waals surface area contributed by atoms with Gasteiger partial charge in [-0.3, -0.25) is 0 Å². The van der Waals surface area contributed by atoms with Crippen LogP contribution in [0.25, 0.3) is 0 Å². The summed E-state index contributed by atoms with van der Waals surface area (Å²) in [6.07, 6.45) is -1.90. The van der Waals surface area contributed by atoms with E-state index in [-0.39, 0.29) is 13.0 Å². The Morgan fingerprint density at radius 3 is 1.46 bits per heavy atom. The van der Waals surface area contributed by atoms with Crippen LogP contribution >= 0.6 is 0 Å². The summed E-state index contributed by atoms with van der Waals surface area (Å²) in [5, 5.41) is 20.3. The van der Waals surface area contributed by atoms with Gasteiger partial charge in [-0.2, -0.15) is 0 Å². The highest BCUT2D eigenvalue weighted by molar-refractivity contribution is 5.50. The first-order valence-corrected chi connectivity index (χ1v) is 9.29. The number of rotatable bonds is 9. The fourth-order valence-corrected chi connectivity index (χ4v) is 3.35. The smallest absolute Gasteiger partial charge is 0.143 e. The molecule has 0 aliphatic carbocycles. The topological polar surface area (TPSA) is 66.8 Å². The monoisotopic (exact) mass is 376 g/mol. The molecule has 0 aliphatic rings. The predicted octanol–water partition coefficient (Wildman–Crippen LogP) is 3.31. The minimum Gasteiger partial charge on any atom is -0.390 e. The molecule has 0 bridgehead atoms. The summed E-state index contributed by atoms with van der Waals surface area (Å²) in [6.45, 7) is -0.131. The van der Waals surface area contributed by atoms with Gasteiger partial charge >= 0.3 is 0 Å². The van der Waals surface area contributed by atoms with Crippen molar-refractivity contribution in [3.05, 3.63) is 108 Å². The minimum atomic E-state index is -1.18. The maximum absolute atomic E-state index is 10.7. The van der Waals surface area contributed by atoms with Gasteiger partial charge in [0, 0.05) is 6.42 Å². The molecule has 0 unspecified atom stereocenters. The number of hydrogen-bond acceptors (Lipinski definition) is 4. The van der Waals surface area contributed by atoms with Crippen molar-refractivity contribution in [2.45, 2.75) is 24.2 Å². The number of ether oxygens (including phenoxy) is 1. The van der Waals surface area contributed by atoms with E-state index in [0.717, 1.165) is 16.7 Å². The Balaban J connectivity index is 2.10. The fourth-order valence-electron chi connectivity index (χ4n) is 3.35. The van der Waals surface area contributed by atoms with E-state index in [2.05, 4.69) is 0 Å². The van der Waals surface area contributed by atoms with E-state index in [1.807, 2.05) is 91.0 Å². The number of hydrogen-bond donors (Lipinski definition) is 2. The van der Waals surface area contributed by atoms with Crippen molar-refractivity contribution < 1.29 is 19.7 Å². The second-order valence-electron chi connectivity index (χ2n) is 6.63. The van der Waals surface area contributed by atoms with Crippen molar-refractivity contribution >= 4 is 6.29 Å². The molecule has 0 amide bonds. The van der Waals surface area contributed by atoms with Crippen molar-refractivity contribution in [2.75, 3.05) is 6.61 Å². The molecule has 0 radical (unpaired) electrons. The molecule has 4 heteroatoms. The molecule has 0 fully saturated rings. The molecule has 0 spiro atoms. The highest BCUT2D eigenvalue weighted by Crippen LogP contribution is 2.40. The van der Waals surface area contributed by atoms with E-state index < -0.39 is 17.8 Å². The molecular formula is C24H24O4. The third-order valence-corrected chi connectivity index (χ3v) is 4.79. The van der Waals surface area contributed by atoms with Crippen molar-refractivity contribution in [1.82, 2.24) is 0 Å². The Labute approximate surface area is 165 Å². The van der Waals surface area contributed by atoms with Crippen molar-refractivity contribution in [3.8, 4) is 0 Å². The van der Waals surface area contributed by atoms with Crippen LogP contribution in [0.5, 0.6) is 0 Å². The first-order valence-electron chi connectivity index (χ1n) is 9.29. The zero-order chi connectivity index (χ0) is 19.8. The first-order chi connectivity index (χ1) is 13.7. The fraction of sp³-hybridized carbons (Fsp3) is 0.208. The minimum absolute atomic E-state index is 0.131. The SMILES string of the molecule is O=CC[C@H](O)[C@@H](O)COC(c1ccccc1)(c1ccccc1)c1ccccc1. The summed E-state index contributed by atoms with van der Waals surface area (Å²) >= 11 is 0. The van der Waals surface area contributed by atoms with Crippen LogP contribution in [-0.4, -0.2) is 35.3 Å². The van der Waals surface area contributed by atoms with Crippen LogP contribution in [0.2, 0.25) is 0 Å². The average molecular weight is 376 g/mol. The summed E-state index contributed by atoms with van der Waals surface area (Å²) in [6, 6.07) is 29.3. The Kier molecular flexibility index (Phi) is 6.71. The number of aliphatic hydroxyl groups excluding tert-OH is 2. The van der Waals surface area contributed by atoms with Gasteiger partial charge in [0.1, 0.15) is 18.0 Å². The van der Waals surface area contributed by atoms with Gasteiger partial charge < -0.3 is 19.7 Å². The van der Waals surface area contributed by atoms with Gasteiger partial charge in [0.15, 0.2) is 0 Å². The molecule has 3 aromatic rings. The van der Waals surface area contributed by atoms with Crippen LogP contribution in [0.1, 0.15) is 23.1 Å². The van der Waals surface area contributed by atoms with Crippen LogP contribution in [0.15, 0.2) is 91.0 Å². The standard InChI is InChI=1S/C24H24O4/c25-17-16-22(26)23(27)18-28-24(19-10-4-1-5-11-19,20-12-6-2-7-13-20)21-14-8-3-9-15-21/h1-15,17,22-23,26-27H,16,18H2/t22-,23-/m0/s1.